The summed E-state index contributed by atoms with van der Waals surface area (Å²) in [6.45, 7) is 1.28. The molecule has 1 aromatic carbocycles. The second-order valence-corrected chi connectivity index (χ2v) is 4.64. The van der Waals surface area contributed by atoms with Crippen molar-refractivity contribution in [1.29, 1.82) is 0 Å². The fourth-order valence-electron chi connectivity index (χ4n) is 1.92. The van der Waals surface area contributed by atoms with Crippen LogP contribution in [0.2, 0.25) is 0 Å². The first kappa shape index (κ1) is 14.7. The van der Waals surface area contributed by atoms with E-state index in [1.807, 2.05) is 0 Å². The molecule has 0 aliphatic carbocycles. The minimum atomic E-state index is -1.41. The summed E-state index contributed by atoms with van der Waals surface area (Å²) in [7, 11) is 0. The van der Waals surface area contributed by atoms with E-state index in [0.29, 0.717) is 16.6 Å². The van der Waals surface area contributed by atoms with Gasteiger partial charge in [0, 0.05) is 11.1 Å². The molecule has 2 rings (SSSR count). The Morgan fingerprint density at radius 1 is 1.33 bits per heavy atom. The Labute approximate surface area is 120 Å². The maximum Gasteiger partial charge on any atom is 0.328 e. The van der Waals surface area contributed by atoms with Gasteiger partial charge in [0.2, 0.25) is 0 Å². The molecule has 2 atom stereocenters. The number of benzene rings is 1. The number of hydrogen-bond acceptors (Lipinski definition) is 5. The van der Waals surface area contributed by atoms with Crippen molar-refractivity contribution < 1.29 is 19.8 Å². The first-order valence-electron chi connectivity index (χ1n) is 6.27. The molecule has 21 heavy (non-hydrogen) atoms. The number of aliphatic hydroxyl groups excluding tert-OH is 1. The molecule has 1 amide bonds. The Bertz CT molecular complexity index is 700. The number of carbonyl (C=O) groups is 2. The molecule has 7 nitrogen and oxygen atoms in total. The van der Waals surface area contributed by atoms with E-state index in [1.165, 1.54) is 13.0 Å². The van der Waals surface area contributed by atoms with Gasteiger partial charge in [-0.15, -0.1) is 0 Å². The van der Waals surface area contributed by atoms with Gasteiger partial charge < -0.3 is 21.3 Å². The van der Waals surface area contributed by atoms with Crippen molar-refractivity contribution in [2.24, 2.45) is 0 Å². The maximum absolute atomic E-state index is 12.1. The van der Waals surface area contributed by atoms with Gasteiger partial charge in [-0.2, -0.15) is 0 Å². The largest absolute Gasteiger partial charge is 0.480 e. The topological polar surface area (TPSA) is 126 Å². The number of carbonyl (C=O) groups excluding carboxylic acids is 1. The van der Waals surface area contributed by atoms with Crippen molar-refractivity contribution in [3.8, 4) is 0 Å². The van der Waals surface area contributed by atoms with Gasteiger partial charge in [-0.05, 0) is 19.1 Å². The average molecular weight is 289 g/mol. The summed E-state index contributed by atoms with van der Waals surface area (Å²) in [4.78, 5) is 27.2. The number of aliphatic carboxylic acids is 1. The third kappa shape index (κ3) is 3.09. The smallest absolute Gasteiger partial charge is 0.328 e. The van der Waals surface area contributed by atoms with Crippen LogP contribution in [0.1, 0.15) is 17.4 Å². The van der Waals surface area contributed by atoms with Crippen molar-refractivity contribution in [3.05, 3.63) is 36.0 Å². The van der Waals surface area contributed by atoms with E-state index in [0.717, 1.165) is 0 Å². The fraction of sp³-hybridized carbons (Fsp3) is 0.214. The molecule has 110 valence electrons. The number of anilines is 1. The molecular formula is C14H15N3O4. The first-order chi connectivity index (χ1) is 9.90. The van der Waals surface area contributed by atoms with Gasteiger partial charge in [-0.25, -0.2) is 9.78 Å². The van der Waals surface area contributed by atoms with Crippen LogP contribution < -0.4 is 11.1 Å². The summed E-state index contributed by atoms with van der Waals surface area (Å²) in [6.07, 6.45) is -1.23. The van der Waals surface area contributed by atoms with Crippen LogP contribution in [-0.2, 0) is 4.79 Å². The Balaban J connectivity index is 2.33. The van der Waals surface area contributed by atoms with E-state index in [2.05, 4.69) is 10.3 Å². The average Bonchev–Trinajstić information content (AvgIpc) is 2.43. The van der Waals surface area contributed by atoms with Gasteiger partial charge >= 0.3 is 5.97 Å². The maximum atomic E-state index is 12.1. The van der Waals surface area contributed by atoms with Gasteiger partial charge in [0.05, 0.1) is 11.6 Å². The SMILES string of the molecule is CC(O)C(NC(=O)c1cc(N)c2ccccc2n1)C(=O)O. The molecule has 7 heteroatoms. The van der Waals surface area contributed by atoms with Crippen LogP contribution in [-0.4, -0.2) is 39.2 Å². The van der Waals surface area contributed by atoms with E-state index >= 15 is 0 Å². The first-order valence-corrected chi connectivity index (χ1v) is 6.27. The van der Waals surface area contributed by atoms with E-state index in [9.17, 15) is 14.7 Å². The molecule has 2 aromatic rings. The quantitative estimate of drug-likeness (QED) is 0.644. The Hall–Kier alpha value is -2.67. The van der Waals surface area contributed by atoms with Crippen LogP contribution in [0.4, 0.5) is 5.69 Å². The number of nitrogen functional groups attached to an aromatic ring is 1. The molecule has 0 saturated carbocycles. The zero-order chi connectivity index (χ0) is 15.6. The number of para-hydroxylation sites is 1. The van der Waals surface area contributed by atoms with E-state index in [-0.39, 0.29) is 5.69 Å². The number of pyridine rings is 1. The third-order valence-corrected chi connectivity index (χ3v) is 3.02. The predicted molar refractivity (Wildman–Crippen MR) is 76.7 cm³/mol. The molecule has 0 aliphatic heterocycles. The van der Waals surface area contributed by atoms with Crippen LogP contribution in [0.15, 0.2) is 30.3 Å². The summed E-state index contributed by atoms with van der Waals surface area (Å²) in [6, 6.07) is 6.99. The molecule has 0 fully saturated rings. The summed E-state index contributed by atoms with van der Waals surface area (Å²) < 4.78 is 0. The van der Waals surface area contributed by atoms with E-state index in [1.54, 1.807) is 24.3 Å². The second kappa shape index (κ2) is 5.76. The predicted octanol–water partition coefficient (Wildman–Crippen LogP) is 0.381. The highest BCUT2D eigenvalue weighted by Crippen LogP contribution is 2.20. The summed E-state index contributed by atoms with van der Waals surface area (Å²) >= 11 is 0. The van der Waals surface area contributed by atoms with Crippen LogP contribution in [0.5, 0.6) is 0 Å². The van der Waals surface area contributed by atoms with Gasteiger partial charge in [0.1, 0.15) is 5.69 Å². The van der Waals surface area contributed by atoms with Crippen molar-refractivity contribution in [3.63, 3.8) is 0 Å². The lowest BCUT2D eigenvalue weighted by Crippen LogP contribution is -2.47. The summed E-state index contributed by atoms with van der Waals surface area (Å²) in [5, 5.41) is 21.2. The molecular weight excluding hydrogens is 274 g/mol. The van der Waals surface area contributed by atoms with Gasteiger partial charge in [-0.3, -0.25) is 4.79 Å². The minimum absolute atomic E-state index is 0.00176. The number of hydrogen-bond donors (Lipinski definition) is 4. The lowest BCUT2D eigenvalue weighted by Gasteiger charge is -2.17. The number of aromatic nitrogens is 1. The van der Waals surface area contributed by atoms with Gasteiger partial charge in [0.15, 0.2) is 6.04 Å². The van der Waals surface area contributed by atoms with Gasteiger partial charge in [0.25, 0.3) is 5.91 Å². The molecule has 2 unspecified atom stereocenters. The second-order valence-electron chi connectivity index (χ2n) is 4.64. The Morgan fingerprint density at radius 3 is 2.62 bits per heavy atom. The summed E-state index contributed by atoms with van der Waals surface area (Å²) in [5.74, 6) is -2.03. The highest BCUT2D eigenvalue weighted by atomic mass is 16.4. The number of carboxylic acid groups (broad SMARTS) is 1. The van der Waals surface area contributed by atoms with Crippen molar-refractivity contribution >= 4 is 28.5 Å². The molecule has 0 bridgehead atoms. The molecule has 0 radical (unpaired) electrons. The zero-order valence-corrected chi connectivity index (χ0v) is 11.3. The van der Waals surface area contributed by atoms with Gasteiger partial charge in [-0.1, -0.05) is 18.2 Å². The molecule has 1 heterocycles. The number of nitrogens with zero attached hydrogens (tertiary/aromatic N) is 1. The lowest BCUT2D eigenvalue weighted by atomic mass is 10.1. The number of fused-ring (bicyclic) bond motifs is 1. The lowest BCUT2D eigenvalue weighted by molar-refractivity contribution is -0.141. The third-order valence-electron chi connectivity index (χ3n) is 3.02. The van der Waals surface area contributed by atoms with Crippen LogP contribution in [0.25, 0.3) is 10.9 Å². The standard InChI is InChI=1S/C14H15N3O4/c1-7(18)12(14(20)21)17-13(19)11-6-9(15)8-4-2-3-5-10(8)16-11/h2-7,12,18H,1H3,(H2,15,16)(H,17,19)(H,20,21). The van der Waals surface area contributed by atoms with E-state index in [4.69, 9.17) is 10.8 Å². The number of rotatable bonds is 4. The van der Waals surface area contributed by atoms with Crippen molar-refractivity contribution in [2.75, 3.05) is 5.73 Å². The number of aliphatic hydroxyl groups is 1. The number of carboxylic acids is 1. The molecule has 0 aliphatic rings. The number of amides is 1. The minimum Gasteiger partial charge on any atom is -0.480 e. The number of nitrogens with one attached hydrogen (secondary N) is 1. The van der Waals surface area contributed by atoms with Crippen molar-refractivity contribution in [1.82, 2.24) is 10.3 Å². The fourth-order valence-corrected chi connectivity index (χ4v) is 1.92. The normalized spacial score (nSPS) is 13.6. The monoisotopic (exact) mass is 289 g/mol. The molecule has 5 N–H and O–H groups in total. The highest BCUT2D eigenvalue weighted by Gasteiger charge is 2.26. The number of nitrogens with two attached hydrogens (primary N) is 1. The Morgan fingerprint density at radius 2 is 2.00 bits per heavy atom. The highest BCUT2D eigenvalue weighted by molar-refractivity contribution is 6.00. The molecule has 0 saturated heterocycles. The Kier molecular flexibility index (Phi) is 4.04. The van der Waals surface area contributed by atoms with Crippen LogP contribution in [0, 0.1) is 0 Å². The van der Waals surface area contributed by atoms with Crippen LogP contribution >= 0.6 is 0 Å². The zero-order valence-electron chi connectivity index (χ0n) is 11.3. The molecule has 1 aromatic heterocycles. The summed E-state index contributed by atoms with van der Waals surface area (Å²) in [5.41, 5.74) is 6.76. The van der Waals surface area contributed by atoms with E-state index < -0.39 is 24.0 Å². The molecule has 0 spiro atoms. The van der Waals surface area contributed by atoms with Crippen LogP contribution in [0.3, 0.4) is 0 Å². The van der Waals surface area contributed by atoms with Crippen molar-refractivity contribution in [2.45, 2.75) is 19.1 Å².